The molecule has 4 heterocycles. The Kier molecular flexibility index (Phi) is 5.55. The highest BCUT2D eigenvalue weighted by Crippen LogP contribution is 2.31. The molecule has 2 saturated heterocycles. The van der Waals surface area contributed by atoms with E-state index in [-0.39, 0.29) is 17.7 Å². The number of hydrogen-bond donors (Lipinski definition) is 1. The molecule has 3 aliphatic heterocycles. The van der Waals surface area contributed by atoms with E-state index in [1.807, 2.05) is 36.2 Å². The molecule has 8 nitrogen and oxygen atoms in total. The summed E-state index contributed by atoms with van der Waals surface area (Å²) < 4.78 is 0. The number of carbonyl (C=O) groups excluding carboxylic acids is 2. The molecule has 1 atom stereocenters. The van der Waals surface area contributed by atoms with Gasteiger partial charge in [-0.15, -0.1) is 0 Å². The number of aromatic nitrogens is 2. The van der Waals surface area contributed by atoms with Gasteiger partial charge in [0.25, 0.3) is 5.91 Å². The number of nitrogens with zero attached hydrogens (tertiary/aromatic N) is 5. The van der Waals surface area contributed by atoms with E-state index in [4.69, 9.17) is 9.97 Å². The van der Waals surface area contributed by atoms with Gasteiger partial charge in [0.15, 0.2) is 0 Å². The maximum atomic E-state index is 13.2. The van der Waals surface area contributed by atoms with Gasteiger partial charge in [-0.25, -0.2) is 9.97 Å². The molecule has 8 heteroatoms. The van der Waals surface area contributed by atoms with Crippen LogP contribution in [0.15, 0.2) is 24.3 Å². The summed E-state index contributed by atoms with van der Waals surface area (Å²) >= 11 is 0. The number of benzene rings is 1. The van der Waals surface area contributed by atoms with E-state index in [2.05, 4.69) is 17.3 Å². The van der Waals surface area contributed by atoms with Crippen molar-refractivity contribution in [2.75, 3.05) is 50.5 Å². The molecule has 2 amide bonds. The van der Waals surface area contributed by atoms with Crippen molar-refractivity contribution in [3.8, 4) is 0 Å². The highest BCUT2D eigenvalue weighted by atomic mass is 16.2. The summed E-state index contributed by atoms with van der Waals surface area (Å²) in [7, 11) is 4.02. The largest absolute Gasteiger partial charge is 0.373 e. The molecule has 0 saturated carbocycles. The Labute approximate surface area is 188 Å². The minimum atomic E-state index is 0.00872. The average molecular weight is 435 g/mol. The molecule has 0 bridgehead atoms. The molecule has 2 aromatic rings. The van der Waals surface area contributed by atoms with Gasteiger partial charge in [0.1, 0.15) is 11.6 Å². The fraction of sp³-hybridized carbons (Fsp3) is 0.500. The third-order valence-corrected chi connectivity index (χ3v) is 6.82. The van der Waals surface area contributed by atoms with Crippen molar-refractivity contribution in [2.24, 2.45) is 0 Å². The molecular formula is C24H30N6O2. The van der Waals surface area contributed by atoms with Crippen LogP contribution in [0.2, 0.25) is 0 Å². The second-order valence-electron chi connectivity index (χ2n) is 9.03. The summed E-state index contributed by atoms with van der Waals surface area (Å²) in [6.07, 6.45) is 3.24. The second-order valence-corrected chi connectivity index (χ2v) is 9.03. The number of anilines is 2. The highest BCUT2D eigenvalue weighted by molar-refractivity contribution is 5.99. The van der Waals surface area contributed by atoms with Crippen LogP contribution in [0.5, 0.6) is 0 Å². The van der Waals surface area contributed by atoms with E-state index >= 15 is 0 Å². The number of rotatable bonds is 4. The molecule has 168 valence electrons. The number of fused-ring (bicyclic) bond motifs is 1. The number of nitrogens with one attached hydrogen (secondary N) is 1. The summed E-state index contributed by atoms with van der Waals surface area (Å²) in [4.78, 5) is 41.0. The van der Waals surface area contributed by atoms with Crippen LogP contribution in [0.4, 0.5) is 11.5 Å². The lowest BCUT2D eigenvalue weighted by molar-refractivity contribution is -0.117. The quantitative estimate of drug-likeness (QED) is 0.795. The molecular weight excluding hydrogens is 404 g/mol. The van der Waals surface area contributed by atoms with E-state index in [0.29, 0.717) is 25.1 Å². The molecule has 1 aromatic carbocycles. The van der Waals surface area contributed by atoms with Gasteiger partial charge in [-0.3, -0.25) is 9.59 Å². The zero-order chi connectivity index (χ0) is 22.2. The van der Waals surface area contributed by atoms with Crippen LogP contribution in [0, 0.1) is 0 Å². The van der Waals surface area contributed by atoms with Gasteiger partial charge < -0.3 is 20.0 Å². The van der Waals surface area contributed by atoms with Crippen LogP contribution in [0.3, 0.4) is 0 Å². The van der Waals surface area contributed by atoms with Crippen molar-refractivity contribution in [2.45, 2.75) is 38.1 Å². The average Bonchev–Trinajstić information content (AvgIpc) is 3.47. The smallest absolute Gasteiger partial charge is 0.253 e. The van der Waals surface area contributed by atoms with Gasteiger partial charge in [0.05, 0.1) is 5.69 Å². The van der Waals surface area contributed by atoms with E-state index in [1.165, 1.54) is 5.56 Å². The monoisotopic (exact) mass is 434 g/mol. The zero-order valence-corrected chi connectivity index (χ0v) is 18.8. The topological polar surface area (TPSA) is 81.7 Å². The van der Waals surface area contributed by atoms with E-state index in [9.17, 15) is 9.59 Å². The molecule has 1 N–H and O–H groups in total. The number of carbonyl (C=O) groups is 2. The SMILES string of the molecule is CNc1nc([C@H]2CCN(C(=O)c3cccc(N4CCCC4=O)c3)C2)nc2c1CN(C)CC2. The Morgan fingerprint density at radius 2 is 2.03 bits per heavy atom. The van der Waals surface area contributed by atoms with Crippen LogP contribution in [-0.2, 0) is 17.8 Å². The molecule has 2 fully saturated rings. The summed E-state index contributed by atoms with van der Waals surface area (Å²) in [5.41, 5.74) is 3.76. The van der Waals surface area contributed by atoms with E-state index in [0.717, 1.165) is 61.9 Å². The third-order valence-electron chi connectivity index (χ3n) is 6.82. The maximum absolute atomic E-state index is 13.2. The van der Waals surface area contributed by atoms with Crippen molar-refractivity contribution in [1.29, 1.82) is 0 Å². The Morgan fingerprint density at radius 3 is 2.81 bits per heavy atom. The van der Waals surface area contributed by atoms with Crippen molar-refractivity contribution in [3.05, 3.63) is 46.9 Å². The van der Waals surface area contributed by atoms with E-state index in [1.54, 1.807) is 4.90 Å². The molecule has 0 spiro atoms. The van der Waals surface area contributed by atoms with Gasteiger partial charge in [-0.1, -0.05) is 6.07 Å². The van der Waals surface area contributed by atoms with Gasteiger partial charge >= 0.3 is 0 Å². The van der Waals surface area contributed by atoms with Crippen LogP contribution < -0.4 is 10.2 Å². The normalized spacial score (nSPS) is 21.2. The van der Waals surface area contributed by atoms with Gasteiger partial charge in [-0.2, -0.15) is 0 Å². The molecule has 0 radical (unpaired) electrons. The molecule has 32 heavy (non-hydrogen) atoms. The molecule has 1 aromatic heterocycles. The number of likely N-dealkylation sites (N-methyl/N-ethyl adjacent to an activating group) is 1. The van der Waals surface area contributed by atoms with Crippen molar-refractivity contribution in [1.82, 2.24) is 19.8 Å². The molecule has 0 unspecified atom stereocenters. The van der Waals surface area contributed by atoms with Crippen LogP contribution in [-0.4, -0.2) is 71.9 Å². The predicted octanol–water partition coefficient (Wildman–Crippen LogP) is 2.26. The number of hydrogen-bond acceptors (Lipinski definition) is 6. The van der Waals surface area contributed by atoms with Crippen LogP contribution >= 0.6 is 0 Å². The number of amides is 2. The number of likely N-dealkylation sites (tertiary alicyclic amines) is 1. The molecule has 5 rings (SSSR count). The fourth-order valence-electron chi connectivity index (χ4n) is 5.02. The zero-order valence-electron chi connectivity index (χ0n) is 18.8. The van der Waals surface area contributed by atoms with Gasteiger partial charge in [-0.05, 0) is 38.1 Å². The first-order chi connectivity index (χ1) is 15.5. The Hall–Kier alpha value is -3.00. The lowest BCUT2D eigenvalue weighted by atomic mass is 10.0. The van der Waals surface area contributed by atoms with Crippen LogP contribution in [0.1, 0.15) is 52.6 Å². The third kappa shape index (κ3) is 3.83. The minimum Gasteiger partial charge on any atom is -0.373 e. The Bertz CT molecular complexity index is 1040. The van der Waals surface area contributed by atoms with Crippen molar-refractivity contribution in [3.63, 3.8) is 0 Å². The highest BCUT2D eigenvalue weighted by Gasteiger charge is 2.32. The van der Waals surface area contributed by atoms with Crippen molar-refractivity contribution >= 4 is 23.3 Å². The first kappa shape index (κ1) is 20.9. The van der Waals surface area contributed by atoms with E-state index < -0.39 is 0 Å². The van der Waals surface area contributed by atoms with Gasteiger partial charge in [0.2, 0.25) is 5.91 Å². The predicted molar refractivity (Wildman–Crippen MR) is 123 cm³/mol. The maximum Gasteiger partial charge on any atom is 0.253 e. The van der Waals surface area contributed by atoms with Crippen LogP contribution in [0.25, 0.3) is 0 Å². The summed E-state index contributed by atoms with van der Waals surface area (Å²) in [6, 6.07) is 7.46. The Morgan fingerprint density at radius 1 is 1.16 bits per heavy atom. The minimum absolute atomic E-state index is 0.00872. The molecule has 3 aliphatic rings. The summed E-state index contributed by atoms with van der Waals surface area (Å²) in [5, 5.41) is 3.25. The molecule has 0 aliphatic carbocycles. The van der Waals surface area contributed by atoms with Crippen molar-refractivity contribution < 1.29 is 9.59 Å². The Balaban J connectivity index is 1.33. The lowest BCUT2D eigenvalue weighted by Crippen LogP contribution is -2.30. The second kappa shape index (κ2) is 8.50. The summed E-state index contributed by atoms with van der Waals surface area (Å²) in [6.45, 7) is 3.89. The standard InChI is InChI=1S/C24H30N6O2/c1-25-23-19-15-28(2)11-9-20(19)26-22(27-23)17-8-12-29(14-17)24(32)16-5-3-6-18(13-16)30-10-4-7-21(30)31/h3,5-6,13,17H,4,7-12,14-15H2,1-2H3,(H,25,26,27)/t17-/m0/s1. The first-order valence-corrected chi connectivity index (χ1v) is 11.5. The lowest BCUT2D eigenvalue weighted by Gasteiger charge is -2.26. The fourth-order valence-corrected chi connectivity index (χ4v) is 5.02. The summed E-state index contributed by atoms with van der Waals surface area (Å²) in [5.74, 6) is 2.02. The van der Waals surface area contributed by atoms with Gasteiger partial charge in [0, 0.05) is 75.3 Å². The first-order valence-electron chi connectivity index (χ1n) is 11.5.